The van der Waals surface area contributed by atoms with Crippen LogP contribution < -0.4 is 5.32 Å². The van der Waals surface area contributed by atoms with Gasteiger partial charge in [-0.3, -0.25) is 4.79 Å². The molecule has 1 atom stereocenters. The van der Waals surface area contributed by atoms with Gasteiger partial charge in [0.15, 0.2) is 0 Å². The minimum absolute atomic E-state index is 0.247. The fourth-order valence-electron chi connectivity index (χ4n) is 1.46. The molecule has 1 aliphatic rings. The Bertz CT molecular complexity index is 192. The lowest BCUT2D eigenvalue weighted by molar-refractivity contribution is -0.144. The number of esters is 1. The normalized spacial score (nSPS) is 17.5. The molecule has 4 heteroatoms. The van der Waals surface area contributed by atoms with Gasteiger partial charge in [-0.05, 0) is 18.9 Å². The van der Waals surface area contributed by atoms with Crippen LogP contribution in [0, 0.1) is 5.92 Å². The van der Waals surface area contributed by atoms with Gasteiger partial charge in [0.1, 0.15) is 6.04 Å². The largest absolute Gasteiger partial charge is 0.468 e. The van der Waals surface area contributed by atoms with Crippen LogP contribution in [-0.4, -0.2) is 38.9 Å². The van der Waals surface area contributed by atoms with Crippen molar-refractivity contribution in [2.45, 2.75) is 32.2 Å². The number of ether oxygens (including phenoxy) is 2. The van der Waals surface area contributed by atoms with Crippen molar-refractivity contribution in [2.24, 2.45) is 5.92 Å². The zero-order valence-corrected chi connectivity index (χ0v) is 9.62. The Hall–Kier alpha value is -0.610. The van der Waals surface area contributed by atoms with E-state index in [4.69, 9.17) is 4.74 Å². The smallest absolute Gasteiger partial charge is 0.325 e. The minimum atomic E-state index is -0.320. The Labute approximate surface area is 91.3 Å². The molecule has 0 spiro atoms. The topological polar surface area (TPSA) is 47.6 Å². The molecule has 1 aliphatic carbocycles. The quantitative estimate of drug-likeness (QED) is 0.484. The fourth-order valence-corrected chi connectivity index (χ4v) is 1.46. The van der Waals surface area contributed by atoms with Crippen LogP contribution in [0.2, 0.25) is 0 Å². The molecule has 88 valence electrons. The maximum absolute atomic E-state index is 11.3. The number of hydrogen-bond donors (Lipinski definition) is 1. The monoisotopic (exact) mass is 215 g/mol. The molecule has 0 aromatic carbocycles. The average molecular weight is 215 g/mol. The molecule has 0 heterocycles. The highest BCUT2D eigenvalue weighted by Crippen LogP contribution is 2.32. The summed E-state index contributed by atoms with van der Waals surface area (Å²) in [6, 6.07) is -0.320. The third-order valence-corrected chi connectivity index (χ3v) is 2.59. The molecule has 0 aromatic heterocycles. The van der Waals surface area contributed by atoms with Crippen molar-refractivity contribution in [1.82, 2.24) is 5.32 Å². The van der Waals surface area contributed by atoms with E-state index in [-0.39, 0.29) is 12.0 Å². The van der Waals surface area contributed by atoms with E-state index < -0.39 is 0 Å². The van der Waals surface area contributed by atoms with Gasteiger partial charge >= 0.3 is 5.97 Å². The van der Waals surface area contributed by atoms with Gasteiger partial charge in [0.05, 0.1) is 13.7 Å². The number of rotatable bonds is 8. The van der Waals surface area contributed by atoms with Crippen LogP contribution in [0.5, 0.6) is 0 Å². The van der Waals surface area contributed by atoms with E-state index in [2.05, 4.69) is 10.1 Å². The van der Waals surface area contributed by atoms with Crippen LogP contribution in [0.4, 0.5) is 0 Å². The van der Waals surface area contributed by atoms with Crippen molar-refractivity contribution >= 4 is 5.97 Å². The van der Waals surface area contributed by atoms with Gasteiger partial charge in [-0.2, -0.15) is 0 Å². The molecule has 1 fully saturated rings. The standard InChI is InChI=1S/C11H21NO3/c1-3-12-10(11(13)14-2)8-15-7-6-9-4-5-9/h9-10,12H,3-8H2,1-2H3. The van der Waals surface area contributed by atoms with Crippen LogP contribution in [0.3, 0.4) is 0 Å². The van der Waals surface area contributed by atoms with Crippen molar-refractivity contribution < 1.29 is 14.3 Å². The number of carbonyl (C=O) groups excluding carboxylic acids is 1. The first-order valence-corrected chi connectivity index (χ1v) is 5.66. The number of nitrogens with one attached hydrogen (secondary N) is 1. The zero-order chi connectivity index (χ0) is 11.1. The van der Waals surface area contributed by atoms with Crippen molar-refractivity contribution in [1.29, 1.82) is 0 Å². The molecule has 15 heavy (non-hydrogen) atoms. The highest BCUT2D eigenvalue weighted by molar-refractivity contribution is 5.75. The third-order valence-electron chi connectivity index (χ3n) is 2.59. The Morgan fingerprint density at radius 3 is 2.80 bits per heavy atom. The van der Waals surface area contributed by atoms with Gasteiger partial charge in [-0.15, -0.1) is 0 Å². The number of methoxy groups -OCH3 is 1. The van der Waals surface area contributed by atoms with Crippen molar-refractivity contribution in [3.8, 4) is 0 Å². The highest BCUT2D eigenvalue weighted by Gasteiger charge is 2.22. The van der Waals surface area contributed by atoms with E-state index in [1.54, 1.807) is 0 Å². The fraction of sp³-hybridized carbons (Fsp3) is 0.909. The summed E-state index contributed by atoms with van der Waals surface area (Å²) in [5, 5.41) is 3.04. The maximum Gasteiger partial charge on any atom is 0.325 e. The molecule has 1 rings (SSSR count). The molecule has 1 unspecified atom stereocenters. The van der Waals surface area contributed by atoms with Crippen molar-refractivity contribution in [2.75, 3.05) is 26.9 Å². The first-order valence-electron chi connectivity index (χ1n) is 5.66. The second-order valence-electron chi connectivity index (χ2n) is 3.94. The van der Waals surface area contributed by atoms with E-state index in [1.165, 1.54) is 20.0 Å². The Morgan fingerprint density at radius 1 is 1.53 bits per heavy atom. The summed E-state index contributed by atoms with van der Waals surface area (Å²) in [5.74, 6) is 0.629. The van der Waals surface area contributed by atoms with Gasteiger partial charge in [-0.1, -0.05) is 19.8 Å². The first-order chi connectivity index (χ1) is 7.27. The molecule has 0 bridgehead atoms. The molecular formula is C11H21NO3. The SMILES string of the molecule is CCNC(COCCC1CC1)C(=O)OC. The Balaban J connectivity index is 2.08. The lowest BCUT2D eigenvalue weighted by atomic mass is 10.3. The maximum atomic E-state index is 11.3. The van der Waals surface area contributed by atoms with Crippen LogP contribution in [0.1, 0.15) is 26.2 Å². The van der Waals surface area contributed by atoms with Crippen LogP contribution in [-0.2, 0) is 14.3 Å². The molecule has 0 aliphatic heterocycles. The van der Waals surface area contributed by atoms with Crippen molar-refractivity contribution in [3.63, 3.8) is 0 Å². The second-order valence-corrected chi connectivity index (χ2v) is 3.94. The van der Waals surface area contributed by atoms with Crippen LogP contribution in [0.15, 0.2) is 0 Å². The van der Waals surface area contributed by atoms with E-state index in [0.717, 1.165) is 25.5 Å². The average Bonchev–Trinajstić information content (AvgIpc) is 3.05. The third kappa shape index (κ3) is 5.14. The molecule has 0 saturated heterocycles. The van der Waals surface area contributed by atoms with E-state index in [0.29, 0.717) is 6.61 Å². The molecule has 1 N–H and O–H groups in total. The van der Waals surface area contributed by atoms with Crippen LogP contribution in [0.25, 0.3) is 0 Å². The molecule has 1 saturated carbocycles. The summed E-state index contributed by atoms with van der Waals surface area (Å²) < 4.78 is 10.1. The van der Waals surface area contributed by atoms with Gasteiger partial charge in [0.25, 0.3) is 0 Å². The predicted molar refractivity (Wildman–Crippen MR) is 57.6 cm³/mol. The molecule has 0 aromatic rings. The van der Waals surface area contributed by atoms with E-state index in [9.17, 15) is 4.79 Å². The van der Waals surface area contributed by atoms with Gasteiger partial charge in [0.2, 0.25) is 0 Å². The summed E-state index contributed by atoms with van der Waals surface area (Å²) in [5.41, 5.74) is 0. The number of hydrogen-bond acceptors (Lipinski definition) is 4. The number of likely N-dealkylation sites (N-methyl/N-ethyl adjacent to an activating group) is 1. The lowest BCUT2D eigenvalue weighted by Crippen LogP contribution is -2.41. The first kappa shape index (κ1) is 12.5. The molecule has 0 amide bonds. The second kappa shape index (κ2) is 6.80. The van der Waals surface area contributed by atoms with E-state index in [1.807, 2.05) is 6.92 Å². The van der Waals surface area contributed by atoms with Crippen LogP contribution >= 0.6 is 0 Å². The van der Waals surface area contributed by atoms with Crippen molar-refractivity contribution in [3.05, 3.63) is 0 Å². The summed E-state index contributed by atoms with van der Waals surface area (Å²) in [4.78, 5) is 11.3. The minimum Gasteiger partial charge on any atom is -0.468 e. The highest BCUT2D eigenvalue weighted by atomic mass is 16.5. The Kier molecular flexibility index (Phi) is 5.65. The summed E-state index contributed by atoms with van der Waals surface area (Å²) >= 11 is 0. The van der Waals surface area contributed by atoms with Gasteiger partial charge in [0, 0.05) is 6.61 Å². The van der Waals surface area contributed by atoms with E-state index >= 15 is 0 Å². The molecule has 0 radical (unpaired) electrons. The summed E-state index contributed by atoms with van der Waals surface area (Å²) in [6.07, 6.45) is 3.81. The predicted octanol–water partition coefficient (Wildman–Crippen LogP) is 0.954. The summed E-state index contributed by atoms with van der Waals surface area (Å²) in [6.45, 7) is 3.86. The molecule has 4 nitrogen and oxygen atoms in total. The Morgan fingerprint density at radius 2 is 2.27 bits per heavy atom. The summed E-state index contributed by atoms with van der Waals surface area (Å²) in [7, 11) is 1.40. The molecular weight excluding hydrogens is 194 g/mol. The zero-order valence-electron chi connectivity index (χ0n) is 9.62. The van der Waals surface area contributed by atoms with Gasteiger partial charge < -0.3 is 14.8 Å². The lowest BCUT2D eigenvalue weighted by Gasteiger charge is -2.15. The number of carbonyl (C=O) groups is 1. The van der Waals surface area contributed by atoms with Gasteiger partial charge in [-0.25, -0.2) is 0 Å².